The number of hydrogen-bond donors (Lipinski definition) is 6. The van der Waals surface area contributed by atoms with Gasteiger partial charge in [-0.15, -0.1) is 0 Å². The molecule has 0 radical (unpaired) electrons. The van der Waals surface area contributed by atoms with Crippen molar-refractivity contribution in [3.05, 3.63) is 57.2 Å². The topological polar surface area (TPSA) is 181 Å². The van der Waals surface area contributed by atoms with Gasteiger partial charge in [0.1, 0.15) is 17.0 Å². The number of aromatic amines is 1. The third kappa shape index (κ3) is 17.9. The number of phenols is 1. The maximum absolute atomic E-state index is 13.0. The molecule has 0 unspecified atom stereocenters. The van der Waals surface area contributed by atoms with Crippen molar-refractivity contribution in [2.24, 2.45) is 5.41 Å². The molecule has 0 aliphatic rings. The molecule has 2 aromatic carbocycles. The number of carboxylic acids is 2. The summed E-state index contributed by atoms with van der Waals surface area (Å²) in [5, 5.41) is 31.0. The van der Waals surface area contributed by atoms with Crippen LogP contribution in [0.3, 0.4) is 0 Å². The average Bonchev–Trinajstić information content (AvgIpc) is 3.42. The molecule has 0 saturated carbocycles. The van der Waals surface area contributed by atoms with Gasteiger partial charge in [-0.2, -0.15) is 26.3 Å². The van der Waals surface area contributed by atoms with Crippen LogP contribution in [-0.2, 0) is 27.2 Å². The van der Waals surface area contributed by atoms with Crippen molar-refractivity contribution in [2.45, 2.75) is 52.4 Å². The van der Waals surface area contributed by atoms with Crippen LogP contribution < -0.4 is 20.2 Å². The molecule has 286 valence electrons. The minimum absolute atomic E-state index is 0.0127. The monoisotopic (exact) mass is 756 g/mol. The summed E-state index contributed by atoms with van der Waals surface area (Å²) in [5.41, 5.74) is 2.74. The number of rotatable bonds is 14. The third-order valence-electron chi connectivity index (χ3n) is 6.51. The predicted octanol–water partition coefficient (Wildman–Crippen LogP) is 4.80. The fourth-order valence-corrected chi connectivity index (χ4v) is 5.13. The van der Waals surface area contributed by atoms with Gasteiger partial charge in [0.15, 0.2) is 0 Å². The standard InChI is InChI=1S/C28H40N4O4S.2C2HF3O2/c1-28(2,3)19-32(24(34)12-15-29-13-10-20-6-5-7-22(18-20)36-4)17-16-30-14-11-21-8-9-23(33)25-26(21)37-27(35)31-25;2*3-2(4,5)1(6)7/h5-9,18,29-30,33H,10-17,19H2,1-4H3,(H,31,35);2*(H,6,7). The Bertz CT molecular complexity index is 1600. The van der Waals surface area contributed by atoms with E-state index in [1.165, 1.54) is 5.56 Å². The van der Waals surface area contributed by atoms with E-state index in [1.807, 2.05) is 29.2 Å². The quantitative estimate of drug-likeness (QED) is 0.0988. The summed E-state index contributed by atoms with van der Waals surface area (Å²) in [5.74, 6) is -4.41. The number of carbonyl (C=O) groups excluding carboxylic acids is 1. The van der Waals surface area contributed by atoms with Gasteiger partial charge >= 0.3 is 29.2 Å². The maximum atomic E-state index is 13.0. The number of benzene rings is 2. The number of nitrogens with one attached hydrogen (secondary N) is 3. The van der Waals surface area contributed by atoms with Crippen molar-refractivity contribution in [3.63, 3.8) is 0 Å². The molecule has 0 spiro atoms. The molecule has 51 heavy (non-hydrogen) atoms. The Morgan fingerprint density at radius 2 is 1.45 bits per heavy atom. The highest BCUT2D eigenvalue weighted by atomic mass is 32.1. The molecule has 0 bridgehead atoms. The van der Waals surface area contributed by atoms with Gasteiger partial charge < -0.3 is 40.6 Å². The van der Waals surface area contributed by atoms with Crippen molar-refractivity contribution in [1.29, 1.82) is 0 Å². The Labute approximate surface area is 293 Å². The first-order valence-electron chi connectivity index (χ1n) is 15.3. The lowest BCUT2D eigenvalue weighted by atomic mass is 9.96. The number of aromatic hydroxyl groups is 1. The van der Waals surface area contributed by atoms with Crippen molar-refractivity contribution in [3.8, 4) is 11.5 Å². The van der Waals surface area contributed by atoms with E-state index in [2.05, 4.69) is 42.5 Å². The van der Waals surface area contributed by atoms with E-state index < -0.39 is 24.3 Å². The number of ether oxygens (including phenoxy) is 1. The van der Waals surface area contributed by atoms with Crippen LogP contribution in [-0.4, -0.2) is 102 Å². The number of fused-ring (bicyclic) bond motifs is 1. The van der Waals surface area contributed by atoms with E-state index in [9.17, 15) is 41.0 Å². The minimum Gasteiger partial charge on any atom is -0.506 e. The summed E-state index contributed by atoms with van der Waals surface area (Å²) < 4.78 is 69.5. The van der Waals surface area contributed by atoms with E-state index in [-0.39, 0.29) is 21.9 Å². The molecule has 19 heteroatoms. The molecule has 1 aromatic heterocycles. The van der Waals surface area contributed by atoms with Crippen molar-refractivity contribution in [1.82, 2.24) is 20.5 Å². The molecule has 1 heterocycles. The van der Waals surface area contributed by atoms with Crippen molar-refractivity contribution < 1.29 is 60.8 Å². The van der Waals surface area contributed by atoms with Gasteiger partial charge in [0.05, 0.1) is 11.8 Å². The fraction of sp³-hybridized carbons (Fsp3) is 0.500. The zero-order valence-corrected chi connectivity index (χ0v) is 29.2. The number of phenolic OH excluding ortho intramolecular Hbond substituents is 1. The zero-order chi connectivity index (χ0) is 39.0. The minimum atomic E-state index is -5.08. The molecular weight excluding hydrogens is 714 g/mol. The molecule has 0 saturated heterocycles. The Hall–Kier alpha value is -4.36. The molecular formula is C32H42F6N4O8S. The number of methoxy groups -OCH3 is 1. The van der Waals surface area contributed by atoms with E-state index in [1.54, 1.807) is 13.2 Å². The highest BCUT2D eigenvalue weighted by Gasteiger charge is 2.38. The number of H-pyrrole nitrogens is 1. The van der Waals surface area contributed by atoms with Crippen molar-refractivity contribution >= 4 is 39.4 Å². The summed E-state index contributed by atoms with van der Waals surface area (Å²) in [6, 6.07) is 11.5. The van der Waals surface area contributed by atoms with Gasteiger partial charge in [0.25, 0.3) is 0 Å². The highest BCUT2D eigenvalue weighted by Crippen LogP contribution is 2.28. The summed E-state index contributed by atoms with van der Waals surface area (Å²) in [7, 11) is 1.67. The molecule has 0 aliphatic carbocycles. The first-order chi connectivity index (χ1) is 23.5. The van der Waals surface area contributed by atoms with Crippen LogP contribution in [0.1, 0.15) is 38.3 Å². The molecule has 12 nitrogen and oxygen atoms in total. The predicted molar refractivity (Wildman–Crippen MR) is 178 cm³/mol. The second-order valence-electron chi connectivity index (χ2n) is 12.0. The van der Waals surface area contributed by atoms with Gasteiger partial charge in [0.2, 0.25) is 5.91 Å². The van der Waals surface area contributed by atoms with Gasteiger partial charge in [0, 0.05) is 32.6 Å². The smallest absolute Gasteiger partial charge is 0.490 e. The summed E-state index contributed by atoms with van der Waals surface area (Å²) in [4.78, 5) is 47.0. The number of aliphatic carboxylic acids is 2. The zero-order valence-electron chi connectivity index (χ0n) is 28.3. The highest BCUT2D eigenvalue weighted by molar-refractivity contribution is 7.16. The second-order valence-corrected chi connectivity index (χ2v) is 13.0. The van der Waals surface area contributed by atoms with Gasteiger partial charge in [-0.25, -0.2) is 9.59 Å². The largest absolute Gasteiger partial charge is 0.506 e. The normalized spacial score (nSPS) is 11.6. The first-order valence-corrected chi connectivity index (χ1v) is 16.1. The van der Waals surface area contributed by atoms with E-state index in [4.69, 9.17) is 24.5 Å². The lowest BCUT2D eigenvalue weighted by Gasteiger charge is -2.30. The number of carboxylic acid groups (broad SMARTS) is 2. The summed E-state index contributed by atoms with van der Waals surface area (Å²) >= 11 is 1.12. The Morgan fingerprint density at radius 3 is 2.00 bits per heavy atom. The number of amides is 1. The SMILES string of the molecule is COc1cccc(CCNCCC(=O)N(CCNCCc2ccc(O)c3[nH]c(=O)sc23)CC(C)(C)C)c1.O=C(O)C(F)(F)F.O=C(O)C(F)(F)F. The molecule has 3 aromatic rings. The van der Waals surface area contributed by atoms with Crippen LogP contribution in [0, 0.1) is 5.41 Å². The number of aromatic nitrogens is 1. The third-order valence-corrected chi connectivity index (χ3v) is 7.47. The van der Waals surface area contributed by atoms with Crippen LogP contribution in [0.15, 0.2) is 41.2 Å². The number of alkyl halides is 6. The van der Waals surface area contributed by atoms with Crippen LogP contribution in [0.2, 0.25) is 0 Å². The van der Waals surface area contributed by atoms with Gasteiger partial charge in [-0.1, -0.05) is 50.3 Å². The van der Waals surface area contributed by atoms with E-state index in [0.717, 1.165) is 53.3 Å². The maximum Gasteiger partial charge on any atom is 0.490 e. The molecule has 0 atom stereocenters. The van der Waals surface area contributed by atoms with Crippen LogP contribution in [0.25, 0.3) is 10.2 Å². The molecule has 1 amide bonds. The number of nitrogens with zero attached hydrogens (tertiary/aromatic N) is 1. The number of thiazole rings is 1. The van der Waals surface area contributed by atoms with Crippen molar-refractivity contribution in [2.75, 3.05) is 46.4 Å². The summed E-state index contributed by atoms with van der Waals surface area (Å²) in [6.07, 6.45) is -8.09. The average molecular weight is 757 g/mol. The number of hydrogen-bond acceptors (Lipinski definition) is 9. The first kappa shape index (κ1) is 44.7. The Balaban J connectivity index is 0.000000780. The second kappa shape index (κ2) is 20.5. The molecule has 3 rings (SSSR count). The van der Waals surface area contributed by atoms with Crippen LogP contribution in [0.4, 0.5) is 26.3 Å². The molecule has 6 N–H and O–H groups in total. The molecule has 0 fully saturated rings. The van der Waals surface area contributed by atoms with Gasteiger partial charge in [-0.3, -0.25) is 9.59 Å². The van der Waals surface area contributed by atoms with E-state index in [0.29, 0.717) is 38.1 Å². The summed E-state index contributed by atoms with van der Waals surface area (Å²) in [6.45, 7) is 10.6. The Morgan fingerprint density at radius 1 is 0.882 bits per heavy atom. The van der Waals surface area contributed by atoms with E-state index >= 15 is 0 Å². The lowest BCUT2D eigenvalue weighted by molar-refractivity contribution is -0.193. The number of carbonyl (C=O) groups is 3. The lowest BCUT2D eigenvalue weighted by Crippen LogP contribution is -2.42. The van der Waals surface area contributed by atoms with Crippen LogP contribution >= 0.6 is 11.3 Å². The fourth-order valence-electron chi connectivity index (χ4n) is 4.24. The Kier molecular flexibility index (Phi) is 17.9. The number of halogens is 6. The van der Waals surface area contributed by atoms with Gasteiger partial charge in [-0.05, 0) is 60.7 Å². The molecule has 0 aliphatic heterocycles. The van der Waals surface area contributed by atoms with Crippen LogP contribution in [0.5, 0.6) is 11.5 Å².